The number of methoxy groups -OCH3 is 1. The van der Waals surface area contributed by atoms with Gasteiger partial charge in [0, 0.05) is 38.9 Å². The molecule has 1 aliphatic heterocycles. The third-order valence-corrected chi connectivity index (χ3v) is 4.11. The molecule has 1 saturated heterocycles. The van der Waals surface area contributed by atoms with E-state index in [2.05, 4.69) is 15.8 Å². The van der Waals surface area contributed by atoms with Crippen molar-refractivity contribution in [1.29, 1.82) is 0 Å². The summed E-state index contributed by atoms with van der Waals surface area (Å²) in [4.78, 5) is 1.62. The van der Waals surface area contributed by atoms with Crippen LogP contribution in [0.3, 0.4) is 0 Å². The Bertz CT molecular complexity index is 711. The molecule has 142 valence electrons. The van der Waals surface area contributed by atoms with E-state index >= 15 is 0 Å². The zero-order valence-electron chi connectivity index (χ0n) is 14.7. The molecule has 0 bridgehead atoms. The van der Waals surface area contributed by atoms with Crippen LogP contribution in [0, 0.1) is 5.82 Å². The van der Waals surface area contributed by atoms with Gasteiger partial charge in [-0.15, -0.1) is 0 Å². The van der Waals surface area contributed by atoms with Crippen molar-refractivity contribution in [3.63, 3.8) is 0 Å². The van der Waals surface area contributed by atoms with Gasteiger partial charge in [0.2, 0.25) is 5.91 Å². The summed E-state index contributed by atoms with van der Waals surface area (Å²) in [6, 6.07) is 6.44. The van der Waals surface area contributed by atoms with E-state index in [1.54, 1.807) is 30.2 Å². The highest BCUT2D eigenvalue weighted by atomic mass is 19.1. The minimum atomic E-state index is -1.53. The average Bonchev–Trinajstić information content (AvgIpc) is 3.21. The lowest BCUT2D eigenvalue weighted by Gasteiger charge is -2.30. The number of hydrogen-bond acceptors (Lipinski definition) is 8. The van der Waals surface area contributed by atoms with E-state index < -0.39 is 11.7 Å². The number of aliphatic hydroxyl groups is 1. The Labute approximate surface area is 150 Å². The molecule has 8 nitrogen and oxygen atoms in total. The van der Waals surface area contributed by atoms with E-state index in [0.29, 0.717) is 43.4 Å². The van der Waals surface area contributed by atoms with Crippen LogP contribution in [-0.4, -0.2) is 55.6 Å². The molecule has 26 heavy (non-hydrogen) atoms. The molecule has 1 fully saturated rings. The molecular weight excluding hydrogens is 343 g/mol. The Hall–Kier alpha value is -2.36. The van der Waals surface area contributed by atoms with Gasteiger partial charge in [-0.3, -0.25) is 0 Å². The van der Waals surface area contributed by atoms with Crippen LogP contribution in [0.4, 0.5) is 21.6 Å². The molecule has 0 amide bonds. The molecule has 0 radical (unpaired) electrons. The first kappa shape index (κ1) is 18.4. The van der Waals surface area contributed by atoms with E-state index in [1.165, 1.54) is 19.3 Å². The third kappa shape index (κ3) is 4.24. The maximum absolute atomic E-state index is 14.3. The van der Waals surface area contributed by atoms with Gasteiger partial charge in [-0.2, -0.15) is 0 Å². The molecule has 2 heterocycles. The van der Waals surface area contributed by atoms with Crippen LogP contribution in [-0.2, 0) is 9.47 Å². The average molecular weight is 366 g/mol. The van der Waals surface area contributed by atoms with Crippen molar-refractivity contribution < 1.29 is 23.5 Å². The van der Waals surface area contributed by atoms with Crippen molar-refractivity contribution in [3.8, 4) is 0 Å². The SMILES string of the molecule is COCCNc1ccc(N2CC(CNc3ccon3)OC2(C)O)cc1F. The predicted molar refractivity (Wildman–Crippen MR) is 94.6 cm³/mol. The summed E-state index contributed by atoms with van der Waals surface area (Å²) in [6.45, 7) is 3.35. The van der Waals surface area contributed by atoms with Gasteiger partial charge in [0.05, 0.1) is 24.9 Å². The zero-order valence-corrected chi connectivity index (χ0v) is 14.7. The van der Waals surface area contributed by atoms with Crippen molar-refractivity contribution in [1.82, 2.24) is 5.16 Å². The van der Waals surface area contributed by atoms with Crippen LogP contribution in [0.5, 0.6) is 0 Å². The zero-order chi connectivity index (χ0) is 18.6. The summed E-state index contributed by atoms with van der Waals surface area (Å²) in [5.74, 6) is -1.35. The smallest absolute Gasteiger partial charge is 0.246 e. The Morgan fingerprint density at radius 2 is 2.27 bits per heavy atom. The molecule has 1 aromatic heterocycles. The van der Waals surface area contributed by atoms with Gasteiger partial charge >= 0.3 is 0 Å². The van der Waals surface area contributed by atoms with Crippen molar-refractivity contribution in [2.75, 3.05) is 48.9 Å². The molecule has 1 aromatic carbocycles. The van der Waals surface area contributed by atoms with E-state index in [0.717, 1.165) is 0 Å². The fraction of sp³-hybridized carbons (Fsp3) is 0.471. The maximum atomic E-state index is 14.3. The maximum Gasteiger partial charge on any atom is 0.246 e. The van der Waals surface area contributed by atoms with Gasteiger partial charge in [-0.25, -0.2) is 4.39 Å². The van der Waals surface area contributed by atoms with Gasteiger partial charge in [0.25, 0.3) is 0 Å². The standard InChI is InChI=1S/C17H23FN4O4/c1-17(23)22(11-13(26-17)10-20-16-5-7-25-21-16)12-3-4-15(14(18)9-12)19-6-8-24-2/h3-5,7,9,13,19,23H,6,8,10-11H2,1-2H3,(H,20,21). The minimum Gasteiger partial charge on any atom is -0.383 e. The number of anilines is 3. The fourth-order valence-corrected chi connectivity index (χ4v) is 2.87. The van der Waals surface area contributed by atoms with Crippen LogP contribution in [0.1, 0.15) is 6.92 Å². The van der Waals surface area contributed by atoms with Crippen molar-refractivity contribution in [2.45, 2.75) is 18.9 Å². The summed E-state index contributed by atoms with van der Waals surface area (Å²) in [5, 5.41) is 20.3. The molecule has 0 spiro atoms. The topological polar surface area (TPSA) is 92.0 Å². The molecule has 2 aromatic rings. The molecule has 1 aliphatic rings. The second-order valence-electron chi connectivity index (χ2n) is 6.13. The number of aromatic nitrogens is 1. The summed E-state index contributed by atoms with van der Waals surface area (Å²) in [6.07, 6.45) is 1.16. The summed E-state index contributed by atoms with van der Waals surface area (Å²) >= 11 is 0. The Balaban J connectivity index is 1.64. The first-order valence-electron chi connectivity index (χ1n) is 8.34. The molecule has 9 heteroatoms. The number of hydrogen-bond donors (Lipinski definition) is 3. The van der Waals surface area contributed by atoms with E-state index in [4.69, 9.17) is 14.0 Å². The Kier molecular flexibility index (Phi) is 5.60. The number of benzene rings is 1. The predicted octanol–water partition coefficient (Wildman–Crippen LogP) is 1.86. The number of nitrogens with one attached hydrogen (secondary N) is 2. The highest BCUT2D eigenvalue weighted by molar-refractivity contribution is 5.57. The van der Waals surface area contributed by atoms with Crippen molar-refractivity contribution in [2.24, 2.45) is 0 Å². The van der Waals surface area contributed by atoms with Crippen molar-refractivity contribution in [3.05, 3.63) is 36.3 Å². The van der Waals surface area contributed by atoms with Crippen molar-refractivity contribution >= 4 is 17.2 Å². The molecule has 2 unspecified atom stereocenters. The Morgan fingerprint density at radius 1 is 1.42 bits per heavy atom. The van der Waals surface area contributed by atoms with E-state index in [9.17, 15) is 9.50 Å². The summed E-state index contributed by atoms with van der Waals surface area (Å²) in [5.41, 5.74) is 0.920. The first-order chi connectivity index (χ1) is 12.5. The first-order valence-corrected chi connectivity index (χ1v) is 8.34. The largest absolute Gasteiger partial charge is 0.383 e. The molecule has 0 saturated carbocycles. The van der Waals surface area contributed by atoms with Crippen LogP contribution in [0.2, 0.25) is 0 Å². The van der Waals surface area contributed by atoms with E-state index in [-0.39, 0.29) is 6.10 Å². The number of halogens is 1. The lowest BCUT2D eigenvalue weighted by molar-refractivity contribution is -0.173. The fourth-order valence-electron chi connectivity index (χ4n) is 2.87. The lowest BCUT2D eigenvalue weighted by atomic mass is 10.2. The molecule has 0 aliphatic carbocycles. The van der Waals surface area contributed by atoms with Crippen LogP contribution >= 0.6 is 0 Å². The highest BCUT2D eigenvalue weighted by Crippen LogP contribution is 2.32. The van der Waals surface area contributed by atoms with Gasteiger partial charge in [0.1, 0.15) is 12.1 Å². The summed E-state index contributed by atoms with van der Waals surface area (Å²) in [7, 11) is 1.59. The summed E-state index contributed by atoms with van der Waals surface area (Å²) < 4.78 is 29.7. The van der Waals surface area contributed by atoms with Crippen LogP contribution in [0.15, 0.2) is 35.1 Å². The van der Waals surface area contributed by atoms with Crippen LogP contribution < -0.4 is 15.5 Å². The molecule has 2 atom stereocenters. The lowest BCUT2D eigenvalue weighted by Crippen LogP contribution is -2.42. The Morgan fingerprint density at radius 3 is 2.96 bits per heavy atom. The van der Waals surface area contributed by atoms with Gasteiger partial charge in [-0.1, -0.05) is 5.16 Å². The third-order valence-electron chi connectivity index (χ3n) is 4.11. The van der Waals surface area contributed by atoms with E-state index in [1.807, 2.05) is 0 Å². The molecule has 3 rings (SSSR count). The second-order valence-corrected chi connectivity index (χ2v) is 6.13. The van der Waals surface area contributed by atoms with Gasteiger partial charge in [0.15, 0.2) is 5.82 Å². The molecular formula is C17H23FN4O4. The number of nitrogens with zero attached hydrogens (tertiary/aromatic N) is 2. The number of rotatable bonds is 8. The minimum absolute atomic E-state index is 0.302. The van der Waals surface area contributed by atoms with Gasteiger partial charge in [-0.05, 0) is 18.2 Å². The van der Waals surface area contributed by atoms with Gasteiger partial charge < -0.3 is 34.6 Å². The van der Waals surface area contributed by atoms with Crippen LogP contribution in [0.25, 0.3) is 0 Å². The molecule has 3 N–H and O–H groups in total. The second kappa shape index (κ2) is 7.90. The highest BCUT2D eigenvalue weighted by Gasteiger charge is 2.42. The quantitative estimate of drug-likeness (QED) is 0.610. The monoisotopic (exact) mass is 366 g/mol. The number of ether oxygens (including phenoxy) is 2. The normalized spacial score (nSPS) is 22.6.